The lowest BCUT2D eigenvalue weighted by molar-refractivity contribution is -0.274. The summed E-state index contributed by atoms with van der Waals surface area (Å²) in [5, 5.41) is 12.4. The molecule has 0 aliphatic rings. The molecule has 0 aliphatic carbocycles. The van der Waals surface area contributed by atoms with Gasteiger partial charge in [0.15, 0.2) is 0 Å². The lowest BCUT2D eigenvalue weighted by Gasteiger charge is -2.25. The van der Waals surface area contributed by atoms with Gasteiger partial charge in [-0.15, -0.1) is 13.2 Å². The first-order valence-corrected chi connectivity index (χ1v) is 6.81. The number of hydrogen-bond acceptors (Lipinski definition) is 3. The van der Waals surface area contributed by atoms with Crippen LogP contribution in [-0.4, -0.2) is 30.0 Å². The molecule has 0 spiro atoms. The maximum atomic E-state index is 12.0. The molecule has 0 aromatic heterocycles. The van der Waals surface area contributed by atoms with Crippen LogP contribution in [-0.2, 0) is 0 Å². The SMILES string of the molecule is CC(C)(C)C(O)CCNC(=O)c1ccc(OC(F)(F)F)cc1. The van der Waals surface area contributed by atoms with E-state index in [4.69, 9.17) is 0 Å². The van der Waals surface area contributed by atoms with Crippen molar-refractivity contribution in [2.24, 2.45) is 5.41 Å². The van der Waals surface area contributed by atoms with Crippen LogP contribution in [0.2, 0.25) is 0 Å². The van der Waals surface area contributed by atoms with Crippen molar-refractivity contribution in [3.63, 3.8) is 0 Å². The Hall–Kier alpha value is -1.76. The van der Waals surface area contributed by atoms with Gasteiger partial charge in [0.25, 0.3) is 5.91 Å². The Morgan fingerprint density at radius 1 is 1.23 bits per heavy atom. The van der Waals surface area contributed by atoms with E-state index in [1.165, 1.54) is 12.1 Å². The maximum absolute atomic E-state index is 12.0. The fraction of sp³-hybridized carbons (Fsp3) is 0.533. The third-order valence-corrected chi connectivity index (χ3v) is 3.05. The fourth-order valence-corrected chi connectivity index (χ4v) is 1.67. The van der Waals surface area contributed by atoms with E-state index >= 15 is 0 Å². The third-order valence-electron chi connectivity index (χ3n) is 3.05. The minimum atomic E-state index is -4.76. The molecular weight excluding hydrogens is 299 g/mol. The molecule has 1 amide bonds. The molecule has 0 heterocycles. The Morgan fingerprint density at radius 3 is 2.23 bits per heavy atom. The predicted octanol–water partition coefficient (Wildman–Crippen LogP) is 3.11. The first-order chi connectivity index (χ1) is 9.99. The van der Waals surface area contributed by atoms with Crippen LogP contribution in [0.5, 0.6) is 5.75 Å². The second kappa shape index (κ2) is 7.00. The summed E-state index contributed by atoms with van der Waals surface area (Å²) in [5.41, 5.74) is -0.0545. The van der Waals surface area contributed by atoms with Crippen molar-refractivity contribution in [2.45, 2.75) is 39.7 Å². The number of hydrogen-bond donors (Lipinski definition) is 2. The Balaban J connectivity index is 2.50. The van der Waals surface area contributed by atoms with Crippen LogP contribution in [0.25, 0.3) is 0 Å². The van der Waals surface area contributed by atoms with Crippen LogP contribution in [0, 0.1) is 5.41 Å². The molecule has 0 fully saturated rings. The van der Waals surface area contributed by atoms with Gasteiger partial charge in [0.05, 0.1) is 6.10 Å². The molecule has 22 heavy (non-hydrogen) atoms. The molecule has 0 bridgehead atoms. The highest BCUT2D eigenvalue weighted by atomic mass is 19.4. The molecule has 124 valence electrons. The predicted molar refractivity (Wildman–Crippen MR) is 75.5 cm³/mol. The van der Waals surface area contributed by atoms with Gasteiger partial charge in [-0.2, -0.15) is 0 Å². The van der Waals surface area contributed by atoms with Crippen molar-refractivity contribution in [1.29, 1.82) is 0 Å². The molecule has 1 aromatic rings. The fourth-order valence-electron chi connectivity index (χ4n) is 1.67. The molecule has 1 aromatic carbocycles. The summed E-state index contributed by atoms with van der Waals surface area (Å²) in [7, 11) is 0. The number of benzene rings is 1. The van der Waals surface area contributed by atoms with E-state index in [0.717, 1.165) is 12.1 Å². The van der Waals surface area contributed by atoms with Crippen LogP contribution < -0.4 is 10.1 Å². The van der Waals surface area contributed by atoms with Crippen molar-refractivity contribution in [3.8, 4) is 5.75 Å². The number of amides is 1. The smallest absolute Gasteiger partial charge is 0.406 e. The van der Waals surface area contributed by atoms with Gasteiger partial charge in [0.2, 0.25) is 0 Å². The van der Waals surface area contributed by atoms with Gasteiger partial charge in [0.1, 0.15) is 5.75 Å². The van der Waals surface area contributed by atoms with Gasteiger partial charge in [-0.05, 0) is 36.1 Å². The number of carbonyl (C=O) groups is 1. The van der Waals surface area contributed by atoms with Gasteiger partial charge in [-0.25, -0.2) is 0 Å². The van der Waals surface area contributed by atoms with Crippen molar-refractivity contribution in [2.75, 3.05) is 6.54 Å². The number of alkyl halides is 3. The number of carbonyl (C=O) groups excluding carboxylic acids is 1. The lowest BCUT2D eigenvalue weighted by atomic mass is 9.87. The molecule has 7 heteroatoms. The molecule has 2 N–H and O–H groups in total. The Bertz CT molecular complexity index is 492. The topological polar surface area (TPSA) is 58.6 Å². The minimum Gasteiger partial charge on any atom is -0.406 e. The zero-order valence-electron chi connectivity index (χ0n) is 12.7. The summed E-state index contributed by atoms with van der Waals surface area (Å²) in [6, 6.07) is 4.64. The summed E-state index contributed by atoms with van der Waals surface area (Å²) in [6.07, 6.45) is -4.92. The van der Waals surface area contributed by atoms with Gasteiger partial charge in [-0.3, -0.25) is 4.79 Å². The molecule has 1 atom stereocenters. The van der Waals surface area contributed by atoms with E-state index in [9.17, 15) is 23.1 Å². The first-order valence-electron chi connectivity index (χ1n) is 6.81. The van der Waals surface area contributed by atoms with E-state index in [1.54, 1.807) is 0 Å². The number of aliphatic hydroxyl groups excluding tert-OH is 1. The third kappa shape index (κ3) is 6.34. The Labute approximate surface area is 127 Å². The van der Waals surface area contributed by atoms with Crippen molar-refractivity contribution < 1.29 is 27.8 Å². The molecule has 0 radical (unpaired) electrons. The van der Waals surface area contributed by atoms with Gasteiger partial charge >= 0.3 is 6.36 Å². The quantitative estimate of drug-likeness (QED) is 0.877. The second-order valence-electron chi connectivity index (χ2n) is 6.00. The van der Waals surface area contributed by atoms with Crippen LogP contribution in [0.3, 0.4) is 0 Å². The largest absolute Gasteiger partial charge is 0.573 e. The number of rotatable bonds is 5. The van der Waals surface area contributed by atoms with Crippen LogP contribution in [0.1, 0.15) is 37.6 Å². The molecule has 0 aliphatic heterocycles. The average molecular weight is 319 g/mol. The molecule has 1 rings (SSSR count). The average Bonchev–Trinajstić information content (AvgIpc) is 2.36. The van der Waals surface area contributed by atoms with E-state index in [2.05, 4.69) is 10.1 Å². The van der Waals surface area contributed by atoms with Crippen molar-refractivity contribution in [1.82, 2.24) is 5.32 Å². The molecular formula is C15H20F3NO3. The summed E-state index contributed by atoms with van der Waals surface area (Å²) in [6.45, 7) is 5.94. The Kier molecular flexibility index (Phi) is 5.82. The molecule has 0 saturated carbocycles. The number of ether oxygens (including phenoxy) is 1. The van der Waals surface area contributed by atoms with Crippen LogP contribution in [0.4, 0.5) is 13.2 Å². The number of nitrogens with one attached hydrogen (secondary N) is 1. The maximum Gasteiger partial charge on any atom is 0.573 e. The normalized spacial score (nSPS) is 13.6. The lowest BCUT2D eigenvalue weighted by Crippen LogP contribution is -2.32. The van der Waals surface area contributed by atoms with Crippen LogP contribution >= 0.6 is 0 Å². The summed E-state index contributed by atoms with van der Waals surface area (Å²) >= 11 is 0. The van der Waals surface area contributed by atoms with E-state index in [-0.39, 0.29) is 23.3 Å². The highest BCUT2D eigenvalue weighted by Crippen LogP contribution is 2.23. The van der Waals surface area contributed by atoms with Gasteiger partial charge in [0, 0.05) is 12.1 Å². The van der Waals surface area contributed by atoms with E-state index in [1.807, 2.05) is 20.8 Å². The van der Waals surface area contributed by atoms with Crippen LogP contribution in [0.15, 0.2) is 24.3 Å². The first kappa shape index (κ1) is 18.3. The molecule has 0 saturated heterocycles. The molecule has 4 nitrogen and oxygen atoms in total. The monoisotopic (exact) mass is 319 g/mol. The van der Waals surface area contributed by atoms with Crippen molar-refractivity contribution in [3.05, 3.63) is 29.8 Å². The minimum absolute atomic E-state index is 0.222. The van der Waals surface area contributed by atoms with Gasteiger partial charge < -0.3 is 15.2 Å². The second-order valence-corrected chi connectivity index (χ2v) is 6.00. The highest BCUT2D eigenvalue weighted by Gasteiger charge is 2.31. The zero-order valence-corrected chi connectivity index (χ0v) is 12.7. The zero-order chi connectivity index (χ0) is 17.0. The highest BCUT2D eigenvalue weighted by molar-refractivity contribution is 5.94. The van der Waals surface area contributed by atoms with Gasteiger partial charge in [-0.1, -0.05) is 20.8 Å². The summed E-state index contributed by atoms with van der Waals surface area (Å²) in [4.78, 5) is 11.8. The standard InChI is InChI=1S/C15H20F3NO3/c1-14(2,3)12(20)8-9-19-13(21)10-4-6-11(7-5-10)22-15(16,17)18/h4-7,12,20H,8-9H2,1-3H3,(H,19,21). The van der Waals surface area contributed by atoms with Crippen molar-refractivity contribution >= 4 is 5.91 Å². The summed E-state index contributed by atoms with van der Waals surface area (Å²) < 4.78 is 39.8. The molecule has 1 unspecified atom stereocenters. The summed E-state index contributed by atoms with van der Waals surface area (Å²) in [5.74, 6) is -0.799. The Morgan fingerprint density at radius 2 is 1.77 bits per heavy atom. The number of aliphatic hydroxyl groups is 1. The van der Waals surface area contributed by atoms with E-state index < -0.39 is 18.4 Å². The number of halogens is 3. The van der Waals surface area contributed by atoms with E-state index in [0.29, 0.717) is 6.42 Å².